The Hall–Kier alpha value is -1.62. The fourth-order valence-corrected chi connectivity index (χ4v) is 3.16. The molecule has 0 aromatic carbocycles. The van der Waals surface area contributed by atoms with Gasteiger partial charge in [-0.1, -0.05) is 0 Å². The highest BCUT2D eigenvalue weighted by Crippen LogP contribution is 2.28. The first-order valence-corrected chi connectivity index (χ1v) is 7.45. The molecule has 0 fully saturated rings. The van der Waals surface area contributed by atoms with E-state index in [9.17, 15) is 4.79 Å². The van der Waals surface area contributed by atoms with Crippen molar-refractivity contribution in [3.8, 4) is 0 Å². The van der Waals surface area contributed by atoms with E-state index in [1.165, 1.54) is 11.4 Å². The van der Waals surface area contributed by atoms with Gasteiger partial charge in [-0.25, -0.2) is 0 Å². The van der Waals surface area contributed by atoms with Crippen molar-refractivity contribution in [2.45, 2.75) is 26.4 Å². The molecule has 0 saturated carbocycles. The molecule has 2 aromatic rings. The number of aryl methyl sites for hydroxylation is 1. The molecule has 1 amide bonds. The molecule has 0 spiro atoms. The molecule has 20 heavy (non-hydrogen) atoms. The largest absolute Gasteiger partial charge is 0.345 e. The van der Waals surface area contributed by atoms with E-state index in [0.717, 1.165) is 17.6 Å². The van der Waals surface area contributed by atoms with Crippen LogP contribution in [0.5, 0.6) is 0 Å². The topological polar surface area (TPSA) is 38.1 Å². The summed E-state index contributed by atoms with van der Waals surface area (Å²) < 4.78 is 3.11. The predicted octanol–water partition coefficient (Wildman–Crippen LogP) is 3.17. The lowest BCUT2D eigenvalue weighted by Crippen LogP contribution is -2.41. The average molecular weight is 334 g/mol. The van der Waals surface area contributed by atoms with Crippen molar-refractivity contribution in [1.82, 2.24) is 14.5 Å². The Bertz CT molecular complexity index is 665. The van der Waals surface area contributed by atoms with Crippen molar-refractivity contribution in [1.29, 1.82) is 0 Å². The number of carbonyl (C=O) groups excluding carboxylic acids is 1. The summed E-state index contributed by atoms with van der Waals surface area (Å²) in [6.45, 7) is 5.76. The summed E-state index contributed by atoms with van der Waals surface area (Å²) in [5, 5.41) is 0. The molecule has 1 aliphatic heterocycles. The van der Waals surface area contributed by atoms with E-state index >= 15 is 0 Å². The first-order valence-electron chi connectivity index (χ1n) is 6.65. The van der Waals surface area contributed by atoms with Gasteiger partial charge in [0.25, 0.3) is 5.91 Å². The monoisotopic (exact) mass is 333 g/mol. The van der Waals surface area contributed by atoms with Gasteiger partial charge < -0.3 is 9.47 Å². The Morgan fingerprint density at radius 3 is 2.90 bits per heavy atom. The number of fused-ring (bicyclic) bond motifs is 1. The number of halogens is 1. The van der Waals surface area contributed by atoms with Crippen LogP contribution < -0.4 is 0 Å². The summed E-state index contributed by atoms with van der Waals surface area (Å²) in [4.78, 5) is 18.6. The van der Waals surface area contributed by atoms with E-state index in [2.05, 4.69) is 51.5 Å². The number of nitrogens with zero attached hydrogens (tertiary/aromatic N) is 3. The van der Waals surface area contributed by atoms with E-state index in [-0.39, 0.29) is 11.9 Å². The second-order valence-electron chi connectivity index (χ2n) is 5.12. The maximum absolute atomic E-state index is 12.6. The first kappa shape index (κ1) is 13.4. The fourth-order valence-electron chi connectivity index (χ4n) is 2.79. The molecule has 3 rings (SSSR count). The van der Waals surface area contributed by atoms with Gasteiger partial charge in [0, 0.05) is 41.3 Å². The highest BCUT2D eigenvalue weighted by molar-refractivity contribution is 9.10. The summed E-state index contributed by atoms with van der Waals surface area (Å²) in [6.07, 6.45) is 3.31. The van der Waals surface area contributed by atoms with Crippen molar-refractivity contribution < 1.29 is 4.79 Å². The summed E-state index contributed by atoms with van der Waals surface area (Å²) in [7, 11) is 0. The lowest BCUT2D eigenvalue weighted by molar-refractivity contribution is 0.0642. The van der Waals surface area contributed by atoms with Crippen molar-refractivity contribution in [2.24, 2.45) is 0 Å². The van der Waals surface area contributed by atoms with Crippen LogP contribution >= 0.6 is 15.9 Å². The Morgan fingerprint density at radius 1 is 1.35 bits per heavy atom. The average Bonchev–Trinajstić information content (AvgIpc) is 2.81. The number of aromatic nitrogens is 2. The van der Waals surface area contributed by atoms with E-state index in [1.807, 2.05) is 11.0 Å². The quantitative estimate of drug-likeness (QED) is 0.803. The molecule has 4 nitrogen and oxygen atoms in total. The Morgan fingerprint density at radius 2 is 2.15 bits per heavy atom. The lowest BCUT2D eigenvalue weighted by Gasteiger charge is -2.35. The standard InChI is InChI=1S/C15H16BrN3O/c1-10-3-4-14-11(2)19(6-5-18(10)14)15(20)12-7-13(16)9-17-8-12/h3-4,7-9,11H,5-6H2,1-2H3. The molecule has 1 atom stereocenters. The van der Waals surface area contributed by atoms with E-state index in [4.69, 9.17) is 0 Å². The molecule has 1 unspecified atom stereocenters. The molecular weight excluding hydrogens is 318 g/mol. The van der Waals surface area contributed by atoms with Gasteiger partial charge in [0.2, 0.25) is 0 Å². The Kier molecular flexibility index (Phi) is 3.38. The molecule has 3 heterocycles. The molecule has 0 saturated heterocycles. The molecule has 0 aliphatic carbocycles. The summed E-state index contributed by atoms with van der Waals surface area (Å²) in [5.74, 6) is 0.0383. The smallest absolute Gasteiger partial charge is 0.256 e. The van der Waals surface area contributed by atoms with E-state index < -0.39 is 0 Å². The minimum absolute atomic E-state index is 0.0383. The number of carbonyl (C=O) groups is 1. The maximum atomic E-state index is 12.6. The first-order chi connectivity index (χ1) is 9.58. The molecule has 0 bridgehead atoms. The van der Waals surface area contributed by atoms with E-state index in [1.54, 1.807) is 12.4 Å². The molecule has 5 heteroatoms. The van der Waals surface area contributed by atoms with Crippen LogP contribution in [-0.2, 0) is 6.54 Å². The van der Waals surface area contributed by atoms with E-state index in [0.29, 0.717) is 5.56 Å². The van der Waals surface area contributed by atoms with Crippen molar-refractivity contribution >= 4 is 21.8 Å². The molecule has 2 aromatic heterocycles. The number of hydrogen-bond acceptors (Lipinski definition) is 2. The summed E-state index contributed by atoms with van der Waals surface area (Å²) in [6, 6.07) is 6.13. The third-order valence-corrected chi connectivity index (χ3v) is 4.34. The minimum atomic E-state index is 0.0383. The van der Waals surface area contributed by atoms with Crippen LogP contribution in [0.4, 0.5) is 0 Å². The van der Waals surface area contributed by atoms with Gasteiger partial charge in [0.15, 0.2) is 0 Å². The Balaban J connectivity index is 1.91. The number of rotatable bonds is 1. The van der Waals surface area contributed by atoms with Gasteiger partial charge >= 0.3 is 0 Å². The zero-order valence-electron chi connectivity index (χ0n) is 11.5. The highest BCUT2D eigenvalue weighted by Gasteiger charge is 2.29. The molecular formula is C15H16BrN3O. The van der Waals surface area contributed by atoms with Crippen LogP contribution in [0.2, 0.25) is 0 Å². The van der Waals surface area contributed by atoms with Crippen LogP contribution in [-0.4, -0.2) is 26.9 Å². The third-order valence-electron chi connectivity index (χ3n) is 3.91. The van der Waals surface area contributed by atoms with Gasteiger partial charge in [-0.05, 0) is 48.0 Å². The molecule has 0 N–H and O–H groups in total. The van der Waals surface area contributed by atoms with Gasteiger partial charge in [-0.15, -0.1) is 0 Å². The number of pyridine rings is 1. The second-order valence-corrected chi connectivity index (χ2v) is 6.03. The van der Waals surface area contributed by atoms with Gasteiger partial charge in [0.05, 0.1) is 11.6 Å². The predicted molar refractivity (Wildman–Crippen MR) is 80.6 cm³/mol. The fraction of sp³-hybridized carbons (Fsp3) is 0.333. The van der Waals surface area contributed by atoms with Gasteiger partial charge in [-0.3, -0.25) is 9.78 Å². The third kappa shape index (κ3) is 2.16. The molecule has 104 valence electrons. The van der Waals surface area contributed by atoms with Crippen LogP contribution in [0, 0.1) is 6.92 Å². The SMILES string of the molecule is Cc1ccc2n1CCN(C(=O)c1cncc(Br)c1)C2C. The van der Waals surface area contributed by atoms with Gasteiger partial charge in [-0.2, -0.15) is 0 Å². The zero-order chi connectivity index (χ0) is 14.3. The molecule has 1 aliphatic rings. The van der Waals surface area contributed by atoms with Gasteiger partial charge in [0.1, 0.15) is 0 Å². The van der Waals surface area contributed by atoms with Crippen LogP contribution in [0.25, 0.3) is 0 Å². The highest BCUT2D eigenvalue weighted by atomic mass is 79.9. The van der Waals surface area contributed by atoms with Crippen LogP contribution in [0.15, 0.2) is 35.1 Å². The Labute approximate surface area is 126 Å². The molecule has 0 radical (unpaired) electrons. The van der Waals surface area contributed by atoms with Crippen molar-refractivity contribution in [3.63, 3.8) is 0 Å². The zero-order valence-corrected chi connectivity index (χ0v) is 13.1. The lowest BCUT2D eigenvalue weighted by atomic mass is 10.1. The summed E-state index contributed by atoms with van der Waals surface area (Å²) in [5.41, 5.74) is 3.08. The van der Waals surface area contributed by atoms with Crippen LogP contribution in [0.1, 0.15) is 34.7 Å². The number of amides is 1. The summed E-state index contributed by atoms with van der Waals surface area (Å²) >= 11 is 3.36. The van der Waals surface area contributed by atoms with Crippen molar-refractivity contribution in [2.75, 3.05) is 6.54 Å². The number of hydrogen-bond donors (Lipinski definition) is 0. The maximum Gasteiger partial charge on any atom is 0.256 e. The van der Waals surface area contributed by atoms with Crippen molar-refractivity contribution in [3.05, 3.63) is 52.0 Å². The van der Waals surface area contributed by atoms with Crippen LogP contribution in [0.3, 0.4) is 0 Å². The minimum Gasteiger partial charge on any atom is -0.345 e. The normalized spacial score (nSPS) is 17.9. The second kappa shape index (κ2) is 5.05.